The largest absolute Gasteiger partial charge is 0.309 e. The predicted octanol–water partition coefficient (Wildman–Crippen LogP) is 15.5. The molecule has 0 bridgehead atoms. The van der Waals surface area contributed by atoms with E-state index in [0.29, 0.717) is 0 Å². The molecule has 0 amide bonds. The average Bonchev–Trinajstić information content (AvgIpc) is 3.85. The smallest absolute Gasteiger partial charge is 0.0547 e. The molecule has 0 atom stereocenters. The molecule has 2 nitrogen and oxygen atoms in total. The van der Waals surface area contributed by atoms with Crippen LogP contribution in [0.3, 0.4) is 0 Å². The molecule has 0 fully saturated rings. The molecule has 0 unspecified atom stereocenters. The highest BCUT2D eigenvalue weighted by Gasteiger charge is 2.22. The Morgan fingerprint density at radius 2 is 0.855 bits per heavy atom. The molecule has 0 spiro atoms. The first kappa shape index (κ1) is 36.0. The maximum Gasteiger partial charge on any atom is 0.0547 e. The number of benzene rings is 10. The number of fused-ring (bicyclic) bond motifs is 7. The van der Waals surface area contributed by atoms with Gasteiger partial charge in [-0.3, -0.25) is 0 Å². The number of hydrogen-bond acceptors (Lipinski definition) is 0. The van der Waals surface area contributed by atoms with E-state index in [-0.39, 0.29) is 0 Å². The molecule has 12 aromatic rings. The molecule has 0 N–H and O–H groups in total. The van der Waals surface area contributed by atoms with Crippen LogP contribution in [0.1, 0.15) is 22.3 Å². The minimum Gasteiger partial charge on any atom is -0.309 e. The van der Waals surface area contributed by atoms with E-state index in [2.05, 4.69) is 240 Å². The molecular formula is C60H42N2. The molecule has 2 heterocycles. The van der Waals surface area contributed by atoms with Gasteiger partial charge in [-0.05, 0) is 129 Å². The van der Waals surface area contributed by atoms with Gasteiger partial charge in [0.15, 0.2) is 0 Å². The molecule has 10 aromatic carbocycles. The lowest BCUT2D eigenvalue weighted by atomic mass is 9.87. The molecule has 0 aliphatic rings. The SMILES string of the molecule is c1ccc(Cc2ccccc2-c2c(Cc3ccccc3)ccc3c2c2cc(-c4ccc5c(c4)c4ccccc4n5-c4ccccc4)ccc2n3-c2ccc3ccccc3c2)cc1. The minimum atomic E-state index is 0.830. The summed E-state index contributed by atoms with van der Waals surface area (Å²) in [6, 6.07) is 84.9. The molecular weight excluding hydrogens is 749 g/mol. The van der Waals surface area contributed by atoms with Gasteiger partial charge in [-0.25, -0.2) is 0 Å². The normalized spacial score (nSPS) is 11.7. The van der Waals surface area contributed by atoms with E-state index >= 15 is 0 Å². The molecule has 2 aromatic heterocycles. The summed E-state index contributed by atoms with van der Waals surface area (Å²) in [5.74, 6) is 0. The summed E-state index contributed by atoms with van der Waals surface area (Å²) in [5, 5.41) is 7.51. The van der Waals surface area contributed by atoms with Gasteiger partial charge in [0.1, 0.15) is 0 Å². The lowest BCUT2D eigenvalue weighted by Gasteiger charge is -2.17. The molecule has 0 aliphatic carbocycles. The second kappa shape index (κ2) is 15.0. The van der Waals surface area contributed by atoms with Crippen LogP contribution in [0.5, 0.6) is 0 Å². The summed E-state index contributed by atoms with van der Waals surface area (Å²) in [5.41, 5.74) is 17.4. The van der Waals surface area contributed by atoms with Crippen LogP contribution in [0.25, 0.3) is 88.0 Å². The minimum absolute atomic E-state index is 0.830. The number of rotatable bonds is 8. The molecule has 0 aliphatic heterocycles. The standard InChI is InChI=1S/C60H42N2/c1-4-16-41(17-5-1)36-47-22-12-13-25-51(47)59-48(37-42-18-6-2-7-19-42)31-35-58-60(59)54-40-46(30-34-57(54)62(58)50-32-28-43-20-10-11-21-44(43)38-50)45-29-33-56-53(39-45)52-26-14-15-27-55(52)61(56)49-23-8-3-9-24-49/h1-35,38-40H,36-37H2. The summed E-state index contributed by atoms with van der Waals surface area (Å²) in [6.45, 7) is 0. The molecule has 0 radical (unpaired) electrons. The summed E-state index contributed by atoms with van der Waals surface area (Å²) in [4.78, 5) is 0. The van der Waals surface area contributed by atoms with Crippen molar-refractivity contribution < 1.29 is 0 Å². The van der Waals surface area contributed by atoms with Gasteiger partial charge < -0.3 is 9.13 Å². The lowest BCUT2D eigenvalue weighted by molar-refractivity contribution is 1.16. The van der Waals surface area contributed by atoms with Gasteiger partial charge in [0.25, 0.3) is 0 Å². The fraction of sp³-hybridized carbons (Fsp3) is 0.0333. The highest BCUT2D eigenvalue weighted by molar-refractivity contribution is 6.18. The zero-order valence-electron chi connectivity index (χ0n) is 34.2. The monoisotopic (exact) mass is 790 g/mol. The van der Waals surface area contributed by atoms with Crippen molar-refractivity contribution in [2.24, 2.45) is 0 Å². The first-order chi connectivity index (χ1) is 30.7. The Balaban J connectivity index is 1.14. The molecule has 0 saturated heterocycles. The Hall–Kier alpha value is -7.94. The van der Waals surface area contributed by atoms with Crippen molar-refractivity contribution in [2.45, 2.75) is 12.8 Å². The van der Waals surface area contributed by atoms with Gasteiger partial charge in [0.2, 0.25) is 0 Å². The average molecular weight is 791 g/mol. The Morgan fingerprint density at radius 3 is 1.61 bits per heavy atom. The van der Waals surface area contributed by atoms with E-state index in [1.54, 1.807) is 0 Å². The van der Waals surface area contributed by atoms with E-state index in [0.717, 1.165) is 18.5 Å². The van der Waals surface area contributed by atoms with Crippen molar-refractivity contribution in [1.29, 1.82) is 0 Å². The van der Waals surface area contributed by atoms with Crippen LogP contribution in [0, 0.1) is 0 Å². The highest BCUT2D eigenvalue weighted by atomic mass is 15.0. The number of nitrogens with zero attached hydrogens (tertiary/aromatic N) is 2. The maximum absolute atomic E-state index is 2.49. The van der Waals surface area contributed by atoms with E-state index < -0.39 is 0 Å². The molecule has 0 saturated carbocycles. The van der Waals surface area contributed by atoms with E-state index in [1.165, 1.54) is 105 Å². The van der Waals surface area contributed by atoms with Crippen molar-refractivity contribution in [2.75, 3.05) is 0 Å². The van der Waals surface area contributed by atoms with Crippen molar-refractivity contribution in [1.82, 2.24) is 9.13 Å². The van der Waals surface area contributed by atoms with Crippen LogP contribution in [-0.4, -0.2) is 9.13 Å². The summed E-state index contributed by atoms with van der Waals surface area (Å²) in [6.07, 6.45) is 1.68. The van der Waals surface area contributed by atoms with E-state index in [4.69, 9.17) is 0 Å². The van der Waals surface area contributed by atoms with E-state index in [9.17, 15) is 0 Å². The molecule has 292 valence electrons. The Morgan fingerprint density at radius 1 is 0.306 bits per heavy atom. The zero-order valence-corrected chi connectivity index (χ0v) is 34.2. The fourth-order valence-electron chi connectivity index (χ4n) is 9.94. The molecule has 62 heavy (non-hydrogen) atoms. The van der Waals surface area contributed by atoms with Gasteiger partial charge in [-0.1, -0.05) is 170 Å². The Bertz CT molecular complexity index is 3610. The van der Waals surface area contributed by atoms with Gasteiger partial charge in [-0.15, -0.1) is 0 Å². The first-order valence-electron chi connectivity index (χ1n) is 21.6. The van der Waals surface area contributed by atoms with Gasteiger partial charge >= 0.3 is 0 Å². The van der Waals surface area contributed by atoms with Crippen LogP contribution >= 0.6 is 0 Å². The van der Waals surface area contributed by atoms with Crippen LogP contribution in [0.15, 0.2) is 231 Å². The third-order valence-electron chi connectivity index (χ3n) is 12.8. The predicted molar refractivity (Wildman–Crippen MR) is 262 cm³/mol. The first-order valence-corrected chi connectivity index (χ1v) is 21.6. The molecule has 12 rings (SSSR count). The van der Waals surface area contributed by atoms with Gasteiger partial charge in [0, 0.05) is 32.9 Å². The van der Waals surface area contributed by atoms with Crippen molar-refractivity contribution in [3.05, 3.63) is 253 Å². The van der Waals surface area contributed by atoms with Crippen molar-refractivity contribution in [3.8, 4) is 33.6 Å². The van der Waals surface area contributed by atoms with Crippen molar-refractivity contribution >= 4 is 54.4 Å². The second-order valence-corrected chi connectivity index (χ2v) is 16.5. The van der Waals surface area contributed by atoms with Gasteiger partial charge in [0.05, 0.1) is 22.1 Å². The fourth-order valence-corrected chi connectivity index (χ4v) is 9.94. The van der Waals surface area contributed by atoms with Crippen molar-refractivity contribution in [3.63, 3.8) is 0 Å². The van der Waals surface area contributed by atoms with Crippen LogP contribution < -0.4 is 0 Å². The van der Waals surface area contributed by atoms with Crippen LogP contribution in [0.2, 0.25) is 0 Å². The van der Waals surface area contributed by atoms with Crippen LogP contribution in [0.4, 0.5) is 0 Å². The zero-order chi connectivity index (χ0) is 41.0. The number of para-hydroxylation sites is 2. The highest BCUT2D eigenvalue weighted by Crippen LogP contribution is 2.44. The maximum atomic E-state index is 2.49. The second-order valence-electron chi connectivity index (χ2n) is 16.5. The third kappa shape index (κ3) is 6.11. The summed E-state index contributed by atoms with van der Waals surface area (Å²) < 4.78 is 4.88. The quantitative estimate of drug-likeness (QED) is 0.145. The number of aromatic nitrogens is 2. The van der Waals surface area contributed by atoms with Gasteiger partial charge in [-0.2, -0.15) is 0 Å². The summed E-state index contributed by atoms with van der Waals surface area (Å²) >= 11 is 0. The summed E-state index contributed by atoms with van der Waals surface area (Å²) in [7, 11) is 0. The lowest BCUT2D eigenvalue weighted by Crippen LogP contribution is -1.99. The van der Waals surface area contributed by atoms with E-state index in [1.807, 2.05) is 0 Å². The Labute approximate surface area is 361 Å². The third-order valence-corrected chi connectivity index (χ3v) is 12.8. The Kier molecular flexibility index (Phi) is 8.67. The van der Waals surface area contributed by atoms with Crippen LogP contribution in [-0.2, 0) is 12.8 Å². The topological polar surface area (TPSA) is 9.86 Å². The molecule has 2 heteroatoms. The number of hydrogen-bond donors (Lipinski definition) is 0.